The SMILES string of the molecule is CCc1cc2c(NC)nc(C3CC4CCC3O4)nc2s1. The fourth-order valence-corrected chi connectivity index (χ4v) is 4.40. The number of hydrogen-bond donors (Lipinski definition) is 1. The molecular weight excluding hydrogens is 270 g/mol. The average molecular weight is 289 g/mol. The van der Waals surface area contributed by atoms with Crippen LogP contribution in [0, 0.1) is 0 Å². The number of aryl methyl sites for hydroxylation is 1. The van der Waals surface area contributed by atoms with E-state index in [9.17, 15) is 0 Å². The first-order chi connectivity index (χ1) is 9.78. The number of aromatic nitrogens is 2. The number of nitrogens with one attached hydrogen (secondary N) is 1. The lowest BCUT2D eigenvalue weighted by molar-refractivity contribution is 0.0999. The third-order valence-corrected chi connectivity index (χ3v) is 5.66. The second-order valence-corrected chi connectivity index (χ2v) is 6.80. The molecule has 0 spiro atoms. The van der Waals surface area contributed by atoms with Crippen LogP contribution >= 0.6 is 11.3 Å². The zero-order valence-corrected chi connectivity index (χ0v) is 12.7. The Morgan fingerprint density at radius 2 is 2.30 bits per heavy atom. The summed E-state index contributed by atoms with van der Waals surface area (Å²) >= 11 is 1.79. The molecule has 4 rings (SSSR count). The number of thiophene rings is 1. The maximum Gasteiger partial charge on any atom is 0.138 e. The maximum absolute atomic E-state index is 5.95. The van der Waals surface area contributed by atoms with Crippen LogP contribution in [0.3, 0.4) is 0 Å². The Bertz CT molecular complexity index is 654. The highest BCUT2D eigenvalue weighted by atomic mass is 32.1. The van der Waals surface area contributed by atoms with E-state index in [1.165, 1.54) is 11.3 Å². The number of nitrogens with zero attached hydrogens (tertiary/aromatic N) is 2. The van der Waals surface area contributed by atoms with E-state index in [1.54, 1.807) is 11.3 Å². The minimum absolute atomic E-state index is 0.341. The van der Waals surface area contributed by atoms with Gasteiger partial charge >= 0.3 is 0 Å². The van der Waals surface area contributed by atoms with Crippen molar-refractivity contribution in [3.63, 3.8) is 0 Å². The molecule has 0 amide bonds. The molecule has 2 fully saturated rings. The fourth-order valence-electron chi connectivity index (χ4n) is 3.43. The highest BCUT2D eigenvalue weighted by Gasteiger charge is 2.43. The predicted octanol–water partition coefficient (Wildman–Crippen LogP) is 3.33. The van der Waals surface area contributed by atoms with Gasteiger partial charge in [-0.1, -0.05) is 6.92 Å². The van der Waals surface area contributed by atoms with Gasteiger partial charge in [-0.25, -0.2) is 9.97 Å². The molecule has 3 unspecified atom stereocenters. The molecule has 2 bridgehead atoms. The van der Waals surface area contributed by atoms with Gasteiger partial charge in [-0.3, -0.25) is 0 Å². The molecule has 1 N–H and O–H groups in total. The lowest BCUT2D eigenvalue weighted by Gasteiger charge is -2.17. The Morgan fingerprint density at radius 3 is 2.95 bits per heavy atom. The zero-order valence-electron chi connectivity index (χ0n) is 11.8. The monoisotopic (exact) mass is 289 g/mol. The van der Waals surface area contributed by atoms with Crippen molar-refractivity contribution >= 4 is 27.4 Å². The number of anilines is 1. The van der Waals surface area contributed by atoms with Crippen LogP contribution in [0.5, 0.6) is 0 Å². The van der Waals surface area contributed by atoms with Crippen LogP contribution in [-0.2, 0) is 11.2 Å². The van der Waals surface area contributed by atoms with Gasteiger partial charge in [0.2, 0.25) is 0 Å². The summed E-state index contributed by atoms with van der Waals surface area (Å²) in [4.78, 5) is 12.1. The second-order valence-electron chi connectivity index (χ2n) is 5.68. The molecule has 2 aliphatic heterocycles. The first-order valence-electron chi connectivity index (χ1n) is 7.42. The number of rotatable bonds is 3. The van der Waals surface area contributed by atoms with Crippen molar-refractivity contribution in [2.75, 3.05) is 12.4 Å². The average Bonchev–Trinajstić information content (AvgIpc) is 3.19. The van der Waals surface area contributed by atoms with Gasteiger partial charge in [0.25, 0.3) is 0 Å². The Labute approximate surface area is 122 Å². The van der Waals surface area contributed by atoms with Crippen LogP contribution in [0.4, 0.5) is 5.82 Å². The molecule has 2 saturated heterocycles. The van der Waals surface area contributed by atoms with Gasteiger partial charge < -0.3 is 10.1 Å². The molecule has 4 heterocycles. The van der Waals surface area contributed by atoms with Gasteiger partial charge in [0.15, 0.2) is 0 Å². The largest absolute Gasteiger partial charge is 0.374 e. The molecule has 2 aromatic rings. The van der Waals surface area contributed by atoms with E-state index in [0.717, 1.165) is 41.1 Å². The van der Waals surface area contributed by atoms with E-state index >= 15 is 0 Å². The quantitative estimate of drug-likeness (QED) is 0.941. The fraction of sp³-hybridized carbons (Fsp3) is 0.600. The van der Waals surface area contributed by atoms with Crippen molar-refractivity contribution in [2.24, 2.45) is 0 Å². The Hall–Kier alpha value is -1.20. The lowest BCUT2D eigenvalue weighted by atomic mass is 9.88. The highest BCUT2D eigenvalue weighted by Crippen LogP contribution is 2.44. The van der Waals surface area contributed by atoms with Gasteiger partial charge in [0, 0.05) is 17.8 Å². The summed E-state index contributed by atoms with van der Waals surface area (Å²) in [5.74, 6) is 2.32. The number of fused-ring (bicyclic) bond motifs is 3. The minimum atomic E-state index is 0.341. The minimum Gasteiger partial charge on any atom is -0.374 e. The van der Waals surface area contributed by atoms with Crippen LogP contribution in [0.15, 0.2) is 6.07 Å². The van der Waals surface area contributed by atoms with Crippen LogP contribution in [0.2, 0.25) is 0 Å². The molecule has 106 valence electrons. The molecule has 0 aromatic carbocycles. The van der Waals surface area contributed by atoms with Crippen molar-refractivity contribution in [3.05, 3.63) is 16.8 Å². The topological polar surface area (TPSA) is 47.0 Å². The molecule has 0 aliphatic carbocycles. The van der Waals surface area contributed by atoms with E-state index in [-0.39, 0.29) is 0 Å². The summed E-state index contributed by atoms with van der Waals surface area (Å²) in [6.45, 7) is 2.18. The predicted molar refractivity (Wildman–Crippen MR) is 81.6 cm³/mol. The van der Waals surface area contributed by atoms with Crippen molar-refractivity contribution < 1.29 is 4.74 Å². The Morgan fingerprint density at radius 1 is 1.40 bits per heavy atom. The standard InChI is InChI=1S/C15H19N3OS/c1-3-9-7-11-13(16-2)17-14(18-15(11)20-9)10-6-8-4-5-12(10)19-8/h7-8,10,12H,3-6H2,1-2H3,(H,16,17,18). The lowest BCUT2D eigenvalue weighted by Crippen LogP contribution is -2.17. The number of hydrogen-bond acceptors (Lipinski definition) is 5. The van der Waals surface area contributed by atoms with Gasteiger partial charge in [-0.2, -0.15) is 0 Å². The van der Waals surface area contributed by atoms with E-state index < -0.39 is 0 Å². The Kier molecular flexibility index (Phi) is 2.93. The first kappa shape index (κ1) is 12.5. The molecular formula is C15H19N3OS. The molecule has 0 saturated carbocycles. The summed E-state index contributed by atoms with van der Waals surface area (Å²) in [5.41, 5.74) is 0. The zero-order chi connectivity index (χ0) is 13.7. The molecule has 2 aliphatic rings. The van der Waals surface area contributed by atoms with Crippen molar-refractivity contribution in [1.82, 2.24) is 9.97 Å². The third-order valence-electron chi connectivity index (χ3n) is 4.48. The van der Waals surface area contributed by atoms with Crippen LogP contribution in [-0.4, -0.2) is 29.2 Å². The maximum atomic E-state index is 5.95. The molecule has 2 aromatic heterocycles. The van der Waals surface area contributed by atoms with Gasteiger partial charge in [-0.15, -0.1) is 11.3 Å². The highest BCUT2D eigenvalue weighted by molar-refractivity contribution is 7.18. The molecule has 20 heavy (non-hydrogen) atoms. The molecule has 5 heteroatoms. The summed E-state index contributed by atoms with van der Waals surface area (Å²) < 4.78 is 5.95. The molecule has 4 nitrogen and oxygen atoms in total. The van der Waals surface area contributed by atoms with Gasteiger partial charge in [0.05, 0.1) is 17.6 Å². The Balaban J connectivity index is 1.80. The van der Waals surface area contributed by atoms with Crippen molar-refractivity contribution in [1.29, 1.82) is 0 Å². The van der Waals surface area contributed by atoms with Crippen molar-refractivity contribution in [3.8, 4) is 0 Å². The third kappa shape index (κ3) is 1.84. The summed E-state index contributed by atoms with van der Waals surface area (Å²) in [6.07, 6.45) is 5.30. The van der Waals surface area contributed by atoms with E-state index in [4.69, 9.17) is 14.7 Å². The van der Waals surface area contributed by atoms with E-state index in [1.807, 2.05) is 7.05 Å². The molecule has 3 atom stereocenters. The van der Waals surface area contributed by atoms with Crippen LogP contribution in [0.1, 0.15) is 42.8 Å². The molecule has 0 radical (unpaired) electrons. The normalized spacial score (nSPS) is 28.4. The van der Waals surface area contributed by atoms with E-state index in [0.29, 0.717) is 18.1 Å². The number of ether oxygens (including phenoxy) is 1. The summed E-state index contributed by atoms with van der Waals surface area (Å²) in [6, 6.07) is 2.22. The van der Waals surface area contributed by atoms with Gasteiger partial charge in [0.1, 0.15) is 16.5 Å². The smallest absolute Gasteiger partial charge is 0.138 e. The first-order valence-corrected chi connectivity index (χ1v) is 8.23. The van der Waals surface area contributed by atoms with Crippen molar-refractivity contribution in [2.45, 2.75) is 50.7 Å². The van der Waals surface area contributed by atoms with Crippen LogP contribution in [0.25, 0.3) is 10.2 Å². The second kappa shape index (κ2) is 4.67. The summed E-state index contributed by atoms with van der Waals surface area (Å²) in [7, 11) is 1.94. The van der Waals surface area contributed by atoms with Gasteiger partial charge in [-0.05, 0) is 31.7 Å². The van der Waals surface area contributed by atoms with E-state index in [2.05, 4.69) is 18.3 Å². The van der Waals surface area contributed by atoms with Crippen LogP contribution < -0.4 is 5.32 Å². The summed E-state index contributed by atoms with van der Waals surface area (Å²) in [5, 5.41) is 4.38.